The zero-order valence-corrected chi connectivity index (χ0v) is 18.8. The summed E-state index contributed by atoms with van der Waals surface area (Å²) < 4.78 is 26.9. The second kappa shape index (κ2) is 8.75. The molecule has 33 heavy (non-hydrogen) atoms. The number of carboxylic acids is 1. The minimum absolute atomic E-state index is 0.125. The summed E-state index contributed by atoms with van der Waals surface area (Å²) in [4.78, 5) is 11.0. The van der Waals surface area contributed by atoms with E-state index in [1.807, 2.05) is 31.4 Å². The average Bonchev–Trinajstić information content (AvgIpc) is 3.38. The highest BCUT2D eigenvalue weighted by atomic mass is 19.1. The van der Waals surface area contributed by atoms with Crippen molar-refractivity contribution in [2.45, 2.75) is 39.2 Å². The van der Waals surface area contributed by atoms with Crippen LogP contribution in [0.2, 0.25) is 0 Å². The summed E-state index contributed by atoms with van der Waals surface area (Å²) in [5.74, 6) is -0.960. The van der Waals surface area contributed by atoms with Crippen molar-refractivity contribution in [3.05, 3.63) is 83.2 Å². The van der Waals surface area contributed by atoms with Gasteiger partial charge in [0.05, 0.1) is 12.1 Å². The fourth-order valence-corrected chi connectivity index (χ4v) is 4.36. The molecular formula is C26H26FNO5. The Bertz CT molecular complexity index is 1300. The van der Waals surface area contributed by atoms with E-state index in [1.165, 1.54) is 18.2 Å². The van der Waals surface area contributed by atoms with E-state index in [0.717, 1.165) is 27.8 Å². The number of aromatic hydroxyl groups is 1. The Morgan fingerprint density at radius 2 is 1.85 bits per heavy atom. The molecule has 0 unspecified atom stereocenters. The van der Waals surface area contributed by atoms with Crippen LogP contribution in [0.15, 0.2) is 59.0 Å². The third kappa shape index (κ3) is 4.24. The third-order valence-corrected chi connectivity index (χ3v) is 5.73. The lowest BCUT2D eigenvalue weighted by Crippen LogP contribution is -2.28. The molecule has 0 fully saturated rings. The Morgan fingerprint density at radius 1 is 1.12 bits per heavy atom. The number of furan rings is 1. The fraction of sp³-hybridized carbons (Fsp3) is 0.269. The average molecular weight is 451 g/mol. The van der Waals surface area contributed by atoms with Gasteiger partial charge in [0, 0.05) is 22.2 Å². The fourth-order valence-electron chi connectivity index (χ4n) is 4.36. The van der Waals surface area contributed by atoms with Gasteiger partial charge in [-0.25, -0.2) is 9.18 Å². The quantitative estimate of drug-likeness (QED) is 0.352. The van der Waals surface area contributed by atoms with E-state index in [1.54, 1.807) is 30.3 Å². The molecule has 2 N–H and O–H groups in total. The molecule has 0 atom stereocenters. The summed E-state index contributed by atoms with van der Waals surface area (Å²) in [6, 6.07) is 14.7. The molecule has 6 nitrogen and oxygen atoms in total. The maximum atomic E-state index is 13.7. The van der Waals surface area contributed by atoms with Crippen LogP contribution in [0, 0.1) is 5.82 Å². The number of ether oxygens (including phenoxy) is 1. The van der Waals surface area contributed by atoms with Gasteiger partial charge >= 0.3 is 5.97 Å². The number of nitrogens with zero attached hydrogens (tertiary/aromatic N) is 1. The molecule has 2 aromatic carbocycles. The highest BCUT2D eigenvalue weighted by molar-refractivity contribution is 5.93. The Labute approximate surface area is 190 Å². The molecule has 0 radical (unpaired) electrons. The van der Waals surface area contributed by atoms with Crippen molar-refractivity contribution in [1.29, 1.82) is 0 Å². The lowest BCUT2D eigenvalue weighted by Gasteiger charge is -2.28. The van der Waals surface area contributed by atoms with E-state index in [-0.39, 0.29) is 23.9 Å². The minimum atomic E-state index is -1.13. The van der Waals surface area contributed by atoms with Gasteiger partial charge in [-0.2, -0.15) is 0 Å². The monoisotopic (exact) mass is 451 g/mol. The first-order valence-corrected chi connectivity index (χ1v) is 10.7. The van der Waals surface area contributed by atoms with Gasteiger partial charge < -0.3 is 23.9 Å². The third-order valence-electron chi connectivity index (χ3n) is 5.73. The van der Waals surface area contributed by atoms with Gasteiger partial charge in [-0.05, 0) is 60.5 Å². The van der Waals surface area contributed by atoms with Crippen LogP contribution in [-0.2, 0) is 23.2 Å². The molecule has 4 aromatic rings. The first kappa shape index (κ1) is 22.6. The first-order chi connectivity index (χ1) is 15.7. The number of rotatable bonds is 8. The Morgan fingerprint density at radius 3 is 2.48 bits per heavy atom. The van der Waals surface area contributed by atoms with Crippen molar-refractivity contribution in [2.24, 2.45) is 0 Å². The maximum Gasteiger partial charge on any atom is 0.371 e. The number of hydrogen-bond acceptors (Lipinski definition) is 4. The van der Waals surface area contributed by atoms with Crippen molar-refractivity contribution < 1.29 is 28.6 Å². The van der Waals surface area contributed by atoms with Crippen LogP contribution in [-0.4, -0.2) is 27.4 Å². The Hall–Kier alpha value is -3.58. The van der Waals surface area contributed by atoms with E-state index in [4.69, 9.17) is 14.3 Å². The zero-order valence-electron chi connectivity index (χ0n) is 18.8. The van der Waals surface area contributed by atoms with E-state index in [2.05, 4.69) is 0 Å². The summed E-state index contributed by atoms with van der Waals surface area (Å²) >= 11 is 0. The molecule has 7 heteroatoms. The van der Waals surface area contributed by atoms with E-state index in [9.17, 15) is 14.3 Å². The van der Waals surface area contributed by atoms with Gasteiger partial charge in [0.15, 0.2) is 0 Å². The first-order valence-electron chi connectivity index (χ1n) is 10.7. The number of fused-ring (bicyclic) bond motifs is 1. The maximum absolute atomic E-state index is 13.7. The van der Waals surface area contributed by atoms with Crippen LogP contribution in [0.3, 0.4) is 0 Å². The normalized spacial score (nSPS) is 11.9. The van der Waals surface area contributed by atoms with E-state index >= 15 is 0 Å². The number of carbonyl (C=O) groups is 1. The summed E-state index contributed by atoms with van der Waals surface area (Å²) in [7, 11) is 0. The number of phenolic OH excluding ortho intramolecular Hbond substituents is 1. The van der Waals surface area contributed by atoms with Gasteiger partial charge in [-0.1, -0.05) is 26.8 Å². The summed E-state index contributed by atoms with van der Waals surface area (Å²) in [6.45, 7) is 6.55. The number of aromatic nitrogens is 1. The Kier molecular flexibility index (Phi) is 5.99. The number of aromatic carboxylic acids is 1. The summed E-state index contributed by atoms with van der Waals surface area (Å²) in [5, 5.41) is 20.5. The lowest BCUT2D eigenvalue weighted by atomic mass is 9.86. The molecule has 0 aliphatic carbocycles. The number of carboxylic acid groups (broad SMARTS) is 1. The molecule has 4 rings (SSSR count). The van der Waals surface area contributed by atoms with Gasteiger partial charge in [0.2, 0.25) is 5.76 Å². The molecule has 0 aliphatic heterocycles. The number of halogens is 1. The second-order valence-corrected chi connectivity index (χ2v) is 8.61. The number of hydrogen-bond donors (Lipinski definition) is 2. The number of benzene rings is 2. The van der Waals surface area contributed by atoms with Crippen LogP contribution in [0.25, 0.3) is 16.6 Å². The topological polar surface area (TPSA) is 84.8 Å². The predicted molar refractivity (Wildman–Crippen MR) is 123 cm³/mol. The zero-order chi connectivity index (χ0) is 23.8. The van der Waals surface area contributed by atoms with E-state index in [0.29, 0.717) is 18.8 Å². The molecule has 2 aromatic heterocycles. The van der Waals surface area contributed by atoms with Crippen LogP contribution < -0.4 is 0 Å². The van der Waals surface area contributed by atoms with Gasteiger partial charge in [-0.15, -0.1) is 0 Å². The van der Waals surface area contributed by atoms with Crippen molar-refractivity contribution in [3.63, 3.8) is 0 Å². The van der Waals surface area contributed by atoms with Crippen LogP contribution >= 0.6 is 0 Å². The van der Waals surface area contributed by atoms with Gasteiger partial charge in [0.25, 0.3) is 0 Å². The second-order valence-electron chi connectivity index (χ2n) is 8.61. The predicted octanol–water partition coefficient (Wildman–Crippen LogP) is 5.82. The molecule has 2 heterocycles. The lowest BCUT2D eigenvalue weighted by molar-refractivity contribution is 0.0604. The molecule has 0 amide bonds. The van der Waals surface area contributed by atoms with Crippen molar-refractivity contribution in [3.8, 4) is 11.4 Å². The summed E-state index contributed by atoms with van der Waals surface area (Å²) in [5.41, 5.74) is 3.06. The highest BCUT2D eigenvalue weighted by Crippen LogP contribution is 2.41. The molecule has 0 bridgehead atoms. The molecule has 0 saturated carbocycles. The number of phenols is 1. The van der Waals surface area contributed by atoms with Crippen molar-refractivity contribution >= 4 is 16.9 Å². The number of aryl methyl sites for hydroxylation is 1. The standard InChI is InChI=1S/C26H26FNO5/c1-4-19-23-20(6-5-7-21(23)29)28(17-10-8-16(27)9-11-17)24(19)26(2,3)15-32-14-18-12-13-22(33-18)25(30)31/h5-13,29H,4,14-15H2,1-3H3,(H,30,31). The van der Waals surface area contributed by atoms with Crippen LogP contribution in [0.5, 0.6) is 5.75 Å². The molecule has 0 saturated heterocycles. The molecule has 0 spiro atoms. The summed E-state index contributed by atoms with van der Waals surface area (Å²) in [6.07, 6.45) is 0.682. The van der Waals surface area contributed by atoms with Crippen LogP contribution in [0.4, 0.5) is 4.39 Å². The highest BCUT2D eigenvalue weighted by Gasteiger charge is 2.32. The van der Waals surface area contributed by atoms with Crippen molar-refractivity contribution in [1.82, 2.24) is 4.57 Å². The van der Waals surface area contributed by atoms with Crippen molar-refractivity contribution in [2.75, 3.05) is 6.61 Å². The molecular weight excluding hydrogens is 425 g/mol. The Balaban J connectivity index is 1.75. The largest absolute Gasteiger partial charge is 0.507 e. The van der Waals surface area contributed by atoms with E-state index < -0.39 is 11.4 Å². The SMILES string of the molecule is CCc1c(C(C)(C)COCc2ccc(C(=O)O)o2)n(-c2ccc(F)cc2)c2cccc(O)c12. The van der Waals surface area contributed by atoms with Gasteiger partial charge in [0.1, 0.15) is 23.9 Å². The van der Waals surface area contributed by atoms with Crippen LogP contribution in [0.1, 0.15) is 48.3 Å². The smallest absolute Gasteiger partial charge is 0.371 e. The van der Waals surface area contributed by atoms with Gasteiger partial charge in [-0.3, -0.25) is 0 Å². The minimum Gasteiger partial charge on any atom is -0.507 e. The molecule has 172 valence electrons. The molecule has 0 aliphatic rings.